The van der Waals surface area contributed by atoms with Gasteiger partial charge in [-0.15, -0.1) is 0 Å². The number of hydrogen-bond donors (Lipinski definition) is 2. The standard InChI is InChI=1S/C14H13BrN2O3S/c1-9-5-6-12(8-13(9)21(16,19)20)17-14(18)10-3-2-4-11(15)7-10/h2-8H,1H3,(H,17,18)(H2,16,19,20). The van der Waals surface area contributed by atoms with E-state index < -0.39 is 10.0 Å². The lowest BCUT2D eigenvalue weighted by Crippen LogP contribution is -2.16. The molecule has 0 fully saturated rings. The molecule has 21 heavy (non-hydrogen) atoms. The number of hydrogen-bond acceptors (Lipinski definition) is 3. The normalized spacial score (nSPS) is 11.2. The highest BCUT2D eigenvalue weighted by atomic mass is 79.9. The number of primary sulfonamides is 1. The molecule has 0 saturated heterocycles. The van der Waals surface area contributed by atoms with Gasteiger partial charge in [-0.1, -0.05) is 28.1 Å². The van der Waals surface area contributed by atoms with Gasteiger partial charge in [-0.3, -0.25) is 4.79 Å². The van der Waals surface area contributed by atoms with E-state index in [4.69, 9.17) is 5.14 Å². The first kappa shape index (κ1) is 15.7. The Morgan fingerprint density at radius 1 is 1.19 bits per heavy atom. The second-order valence-electron chi connectivity index (χ2n) is 4.49. The van der Waals surface area contributed by atoms with Crippen LogP contribution >= 0.6 is 15.9 Å². The predicted octanol–water partition coefficient (Wildman–Crippen LogP) is 2.66. The maximum atomic E-state index is 12.1. The lowest BCUT2D eigenvalue weighted by molar-refractivity contribution is 0.102. The summed E-state index contributed by atoms with van der Waals surface area (Å²) in [6.07, 6.45) is 0. The van der Waals surface area contributed by atoms with Crippen LogP contribution in [0, 0.1) is 6.92 Å². The van der Waals surface area contributed by atoms with Gasteiger partial charge in [-0.2, -0.15) is 0 Å². The van der Waals surface area contributed by atoms with E-state index in [1.54, 1.807) is 37.3 Å². The molecule has 2 aromatic rings. The van der Waals surface area contributed by atoms with E-state index in [9.17, 15) is 13.2 Å². The Kier molecular flexibility index (Phi) is 4.46. The minimum absolute atomic E-state index is 0.00505. The van der Waals surface area contributed by atoms with Crippen LogP contribution in [0.15, 0.2) is 51.8 Å². The van der Waals surface area contributed by atoms with E-state index in [0.717, 1.165) is 4.47 Å². The third-order valence-corrected chi connectivity index (χ3v) is 4.39. The number of sulfonamides is 1. The zero-order chi connectivity index (χ0) is 15.6. The van der Waals surface area contributed by atoms with Gasteiger partial charge >= 0.3 is 0 Å². The summed E-state index contributed by atoms with van der Waals surface area (Å²) < 4.78 is 23.7. The first-order valence-electron chi connectivity index (χ1n) is 5.98. The van der Waals surface area contributed by atoms with Gasteiger partial charge in [-0.25, -0.2) is 13.6 Å². The number of aryl methyl sites for hydroxylation is 1. The van der Waals surface area contributed by atoms with Crippen LogP contribution in [0.25, 0.3) is 0 Å². The zero-order valence-corrected chi connectivity index (χ0v) is 13.5. The number of carbonyl (C=O) groups is 1. The fourth-order valence-electron chi connectivity index (χ4n) is 1.82. The van der Waals surface area contributed by atoms with Crippen molar-refractivity contribution in [3.8, 4) is 0 Å². The Balaban J connectivity index is 2.30. The Morgan fingerprint density at radius 3 is 2.52 bits per heavy atom. The molecule has 110 valence electrons. The lowest BCUT2D eigenvalue weighted by atomic mass is 10.2. The van der Waals surface area contributed by atoms with Gasteiger partial charge in [0.1, 0.15) is 0 Å². The molecular formula is C14H13BrN2O3S. The number of benzene rings is 2. The fraction of sp³-hybridized carbons (Fsp3) is 0.0714. The van der Waals surface area contributed by atoms with Gasteiger partial charge in [0, 0.05) is 15.7 Å². The monoisotopic (exact) mass is 368 g/mol. The number of anilines is 1. The minimum Gasteiger partial charge on any atom is -0.322 e. The molecule has 5 nitrogen and oxygen atoms in total. The number of rotatable bonds is 3. The maximum absolute atomic E-state index is 12.1. The Bertz CT molecular complexity index is 804. The quantitative estimate of drug-likeness (QED) is 0.872. The molecule has 0 aliphatic rings. The molecule has 0 unspecified atom stereocenters. The highest BCUT2D eigenvalue weighted by Crippen LogP contribution is 2.20. The Labute approximate surface area is 131 Å². The van der Waals surface area contributed by atoms with E-state index in [1.807, 2.05) is 6.07 Å². The molecule has 0 bridgehead atoms. The molecule has 0 aliphatic heterocycles. The number of amides is 1. The molecule has 0 aliphatic carbocycles. The fourth-order valence-corrected chi connectivity index (χ4v) is 3.02. The van der Waals surface area contributed by atoms with E-state index in [1.165, 1.54) is 6.07 Å². The summed E-state index contributed by atoms with van der Waals surface area (Å²) >= 11 is 3.29. The van der Waals surface area contributed by atoms with Crippen molar-refractivity contribution in [2.45, 2.75) is 11.8 Å². The second kappa shape index (κ2) is 5.97. The first-order valence-corrected chi connectivity index (χ1v) is 8.31. The summed E-state index contributed by atoms with van der Waals surface area (Å²) in [6, 6.07) is 11.4. The third-order valence-electron chi connectivity index (χ3n) is 2.84. The SMILES string of the molecule is Cc1ccc(NC(=O)c2cccc(Br)c2)cc1S(N)(=O)=O. The van der Waals surface area contributed by atoms with Crippen LogP contribution in [0.2, 0.25) is 0 Å². The zero-order valence-electron chi connectivity index (χ0n) is 11.1. The van der Waals surface area contributed by atoms with Crippen molar-refractivity contribution in [3.63, 3.8) is 0 Å². The van der Waals surface area contributed by atoms with Crippen molar-refractivity contribution in [1.82, 2.24) is 0 Å². The third kappa shape index (κ3) is 3.90. The Hall–Kier alpha value is -1.70. The van der Waals surface area contributed by atoms with Crippen molar-refractivity contribution in [2.24, 2.45) is 5.14 Å². The lowest BCUT2D eigenvalue weighted by Gasteiger charge is -2.09. The average molecular weight is 369 g/mol. The summed E-state index contributed by atoms with van der Waals surface area (Å²) in [6.45, 7) is 1.64. The summed E-state index contributed by atoms with van der Waals surface area (Å²) in [5.41, 5.74) is 1.36. The molecule has 2 aromatic carbocycles. The van der Waals surface area contributed by atoms with Crippen molar-refractivity contribution in [3.05, 3.63) is 58.1 Å². The van der Waals surface area contributed by atoms with Crippen molar-refractivity contribution in [1.29, 1.82) is 0 Å². The molecule has 7 heteroatoms. The second-order valence-corrected chi connectivity index (χ2v) is 6.94. The highest BCUT2D eigenvalue weighted by Gasteiger charge is 2.13. The van der Waals surface area contributed by atoms with Crippen LogP contribution in [-0.4, -0.2) is 14.3 Å². The molecule has 0 aromatic heterocycles. The van der Waals surface area contributed by atoms with Gasteiger partial charge in [0.25, 0.3) is 5.91 Å². The predicted molar refractivity (Wildman–Crippen MR) is 84.6 cm³/mol. The highest BCUT2D eigenvalue weighted by molar-refractivity contribution is 9.10. The van der Waals surface area contributed by atoms with E-state index in [-0.39, 0.29) is 10.8 Å². The molecule has 2 rings (SSSR count). The van der Waals surface area contributed by atoms with E-state index >= 15 is 0 Å². The molecule has 0 spiro atoms. The average Bonchev–Trinajstić information content (AvgIpc) is 2.39. The molecular weight excluding hydrogens is 356 g/mol. The number of halogens is 1. The molecule has 0 radical (unpaired) electrons. The summed E-state index contributed by atoms with van der Waals surface area (Å²) in [5.74, 6) is -0.333. The van der Waals surface area contributed by atoms with Gasteiger partial charge in [0.2, 0.25) is 10.0 Å². The van der Waals surface area contributed by atoms with Gasteiger partial charge < -0.3 is 5.32 Å². The van der Waals surface area contributed by atoms with Crippen molar-refractivity contribution in [2.75, 3.05) is 5.32 Å². The van der Waals surface area contributed by atoms with Crippen molar-refractivity contribution < 1.29 is 13.2 Å². The van der Waals surface area contributed by atoms with Crippen LogP contribution in [-0.2, 0) is 10.0 Å². The maximum Gasteiger partial charge on any atom is 0.255 e. The van der Waals surface area contributed by atoms with E-state index in [0.29, 0.717) is 16.8 Å². The number of nitrogens with one attached hydrogen (secondary N) is 1. The van der Waals surface area contributed by atoms with Gasteiger partial charge in [0.05, 0.1) is 4.90 Å². The molecule has 0 heterocycles. The Morgan fingerprint density at radius 2 is 1.90 bits per heavy atom. The van der Waals surface area contributed by atoms with Crippen LogP contribution < -0.4 is 10.5 Å². The van der Waals surface area contributed by atoms with Crippen LogP contribution in [0.1, 0.15) is 15.9 Å². The topological polar surface area (TPSA) is 89.3 Å². The molecule has 3 N–H and O–H groups in total. The smallest absolute Gasteiger partial charge is 0.255 e. The molecule has 1 amide bonds. The summed E-state index contributed by atoms with van der Waals surface area (Å²) in [4.78, 5) is 12.1. The van der Waals surface area contributed by atoms with Crippen LogP contribution in [0.4, 0.5) is 5.69 Å². The first-order chi connectivity index (χ1) is 9.77. The van der Waals surface area contributed by atoms with Crippen molar-refractivity contribution >= 4 is 37.5 Å². The molecule has 0 atom stereocenters. The molecule has 0 saturated carbocycles. The van der Waals surface area contributed by atoms with E-state index in [2.05, 4.69) is 21.2 Å². The summed E-state index contributed by atoms with van der Waals surface area (Å²) in [7, 11) is -3.82. The minimum atomic E-state index is -3.82. The van der Waals surface area contributed by atoms with Crippen LogP contribution in [0.5, 0.6) is 0 Å². The number of nitrogens with two attached hydrogens (primary N) is 1. The largest absolute Gasteiger partial charge is 0.322 e. The number of carbonyl (C=O) groups excluding carboxylic acids is 1. The van der Waals surface area contributed by atoms with Gasteiger partial charge in [0.15, 0.2) is 0 Å². The van der Waals surface area contributed by atoms with Crippen LogP contribution in [0.3, 0.4) is 0 Å². The summed E-state index contributed by atoms with van der Waals surface area (Å²) in [5, 5.41) is 7.79. The van der Waals surface area contributed by atoms with Gasteiger partial charge in [-0.05, 0) is 42.8 Å².